The first-order valence-electron chi connectivity index (χ1n) is 4.56. The molecule has 4 heteroatoms. The predicted molar refractivity (Wildman–Crippen MR) is 58.1 cm³/mol. The zero-order valence-electron chi connectivity index (χ0n) is 8.18. The van der Waals surface area contributed by atoms with Crippen LogP contribution in [-0.4, -0.2) is 22.8 Å². The van der Waals surface area contributed by atoms with E-state index in [0.717, 1.165) is 0 Å². The van der Waals surface area contributed by atoms with Crippen molar-refractivity contribution < 1.29 is 19.8 Å². The molecular formula is C12H8O4. The van der Waals surface area contributed by atoms with Gasteiger partial charge in [0.15, 0.2) is 12.6 Å². The smallest absolute Gasteiger partial charge is 0.154 e. The number of hydrogen-bond acceptors (Lipinski definition) is 4. The fraction of sp³-hybridized carbons (Fsp3) is 0. The number of rotatable bonds is 2. The largest absolute Gasteiger partial charge is 0.508 e. The lowest BCUT2D eigenvalue weighted by Crippen LogP contribution is -1.90. The van der Waals surface area contributed by atoms with Gasteiger partial charge in [-0.15, -0.1) is 0 Å². The van der Waals surface area contributed by atoms with Crippen LogP contribution < -0.4 is 0 Å². The second kappa shape index (κ2) is 3.66. The third-order valence-electron chi connectivity index (χ3n) is 2.42. The average Bonchev–Trinajstić information content (AvgIpc) is 2.28. The Labute approximate surface area is 90.8 Å². The Morgan fingerprint density at radius 3 is 2.31 bits per heavy atom. The predicted octanol–water partition coefficient (Wildman–Crippen LogP) is 1.88. The van der Waals surface area contributed by atoms with Crippen molar-refractivity contribution in [2.75, 3.05) is 0 Å². The van der Waals surface area contributed by atoms with Gasteiger partial charge < -0.3 is 10.2 Å². The molecule has 0 heterocycles. The van der Waals surface area contributed by atoms with Crippen LogP contribution in [0.15, 0.2) is 24.3 Å². The maximum Gasteiger partial charge on any atom is 0.154 e. The van der Waals surface area contributed by atoms with E-state index in [4.69, 9.17) is 0 Å². The van der Waals surface area contributed by atoms with Crippen molar-refractivity contribution in [1.82, 2.24) is 0 Å². The monoisotopic (exact) mass is 216 g/mol. The second-order valence-corrected chi connectivity index (χ2v) is 3.36. The van der Waals surface area contributed by atoms with E-state index in [1.807, 2.05) is 0 Å². The van der Waals surface area contributed by atoms with Crippen LogP contribution in [0.2, 0.25) is 0 Å². The number of aldehydes is 2. The fourth-order valence-corrected chi connectivity index (χ4v) is 1.67. The lowest BCUT2D eigenvalue weighted by Gasteiger charge is -2.06. The molecule has 80 valence electrons. The van der Waals surface area contributed by atoms with E-state index in [1.54, 1.807) is 0 Å². The highest BCUT2D eigenvalue weighted by Gasteiger charge is 2.11. The highest BCUT2D eigenvalue weighted by Crippen LogP contribution is 2.30. The summed E-state index contributed by atoms with van der Waals surface area (Å²) in [7, 11) is 0. The van der Waals surface area contributed by atoms with Crippen LogP contribution in [0.4, 0.5) is 0 Å². The molecule has 0 unspecified atom stereocenters. The molecule has 0 bridgehead atoms. The minimum atomic E-state index is -0.240. The summed E-state index contributed by atoms with van der Waals surface area (Å²) >= 11 is 0. The van der Waals surface area contributed by atoms with Crippen LogP contribution in [0.1, 0.15) is 20.7 Å². The van der Waals surface area contributed by atoms with Crippen molar-refractivity contribution in [2.24, 2.45) is 0 Å². The summed E-state index contributed by atoms with van der Waals surface area (Å²) in [6, 6.07) is 5.47. The van der Waals surface area contributed by atoms with Gasteiger partial charge in [-0.1, -0.05) is 0 Å². The Bertz CT molecular complexity index is 587. The molecule has 0 amide bonds. The molecule has 0 aliphatic rings. The van der Waals surface area contributed by atoms with E-state index in [-0.39, 0.29) is 22.6 Å². The van der Waals surface area contributed by atoms with E-state index in [0.29, 0.717) is 23.3 Å². The Kier molecular flexibility index (Phi) is 2.32. The second-order valence-electron chi connectivity index (χ2n) is 3.36. The van der Waals surface area contributed by atoms with Crippen molar-refractivity contribution in [3.63, 3.8) is 0 Å². The van der Waals surface area contributed by atoms with Crippen molar-refractivity contribution in [3.05, 3.63) is 35.4 Å². The highest BCUT2D eigenvalue weighted by molar-refractivity contribution is 6.07. The Morgan fingerprint density at radius 2 is 1.69 bits per heavy atom. The number of carbonyl (C=O) groups excluding carboxylic acids is 2. The van der Waals surface area contributed by atoms with Gasteiger partial charge in [0.1, 0.15) is 11.5 Å². The lowest BCUT2D eigenvalue weighted by atomic mass is 9.99. The number of phenols is 2. The van der Waals surface area contributed by atoms with E-state index in [2.05, 4.69) is 0 Å². The summed E-state index contributed by atoms with van der Waals surface area (Å²) in [5.41, 5.74) is 0.342. The van der Waals surface area contributed by atoms with Gasteiger partial charge in [0.2, 0.25) is 0 Å². The molecule has 16 heavy (non-hydrogen) atoms. The van der Waals surface area contributed by atoms with Gasteiger partial charge in [-0.05, 0) is 35.0 Å². The quantitative estimate of drug-likeness (QED) is 0.751. The number of fused-ring (bicyclic) bond motifs is 1. The lowest BCUT2D eigenvalue weighted by molar-refractivity contribution is 0.111. The van der Waals surface area contributed by atoms with E-state index in [1.165, 1.54) is 24.3 Å². The SMILES string of the molecule is O=Cc1cc(O)c(C=O)c2ccc(O)cc12. The van der Waals surface area contributed by atoms with Crippen molar-refractivity contribution in [2.45, 2.75) is 0 Å². The first-order valence-corrected chi connectivity index (χ1v) is 4.56. The molecule has 0 aliphatic heterocycles. The Morgan fingerprint density at radius 1 is 0.938 bits per heavy atom. The summed E-state index contributed by atoms with van der Waals surface area (Å²) in [5, 5.41) is 19.7. The highest BCUT2D eigenvalue weighted by atomic mass is 16.3. The molecule has 2 aromatic rings. The maximum absolute atomic E-state index is 10.8. The Balaban J connectivity index is 2.98. The van der Waals surface area contributed by atoms with Gasteiger partial charge >= 0.3 is 0 Å². The normalized spacial score (nSPS) is 10.2. The average molecular weight is 216 g/mol. The number of carbonyl (C=O) groups is 2. The molecule has 0 aromatic heterocycles. The minimum Gasteiger partial charge on any atom is -0.508 e. The maximum atomic E-state index is 10.8. The summed E-state index contributed by atoms with van der Waals surface area (Å²) in [6.07, 6.45) is 1.08. The first kappa shape index (κ1) is 10.2. The van der Waals surface area contributed by atoms with Crippen molar-refractivity contribution in [1.29, 1.82) is 0 Å². The standard InChI is InChI=1S/C12H8O4/c13-5-7-3-12(16)11(6-14)9-2-1-8(15)4-10(7)9/h1-6,15-16H. The number of hydrogen-bond donors (Lipinski definition) is 2. The van der Waals surface area contributed by atoms with Gasteiger partial charge in [0, 0.05) is 5.56 Å². The molecule has 0 saturated carbocycles. The molecule has 0 radical (unpaired) electrons. The van der Waals surface area contributed by atoms with E-state index in [9.17, 15) is 19.8 Å². The molecule has 2 N–H and O–H groups in total. The molecular weight excluding hydrogens is 208 g/mol. The molecule has 4 nitrogen and oxygen atoms in total. The van der Waals surface area contributed by atoms with Gasteiger partial charge in [-0.3, -0.25) is 9.59 Å². The third kappa shape index (κ3) is 1.40. The summed E-state index contributed by atoms with van der Waals surface area (Å²) in [4.78, 5) is 21.6. The van der Waals surface area contributed by atoms with Crippen LogP contribution >= 0.6 is 0 Å². The van der Waals surface area contributed by atoms with Crippen LogP contribution in [0, 0.1) is 0 Å². The van der Waals surface area contributed by atoms with Crippen LogP contribution in [0.25, 0.3) is 10.8 Å². The molecule has 2 aromatic carbocycles. The molecule has 0 atom stereocenters. The van der Waals surface area contributed by atoms with Gasteiger partial charge in [-0.2, -0.15) is 0 Å². The fourth-order valence-electron chi connectivity index (χ4n) is 1.67. The molecule has 2 rings (SSSR count). The number of phenolic OH excluding ortho intramolecular Hbond substituents is 2. The summed E-state index contributed by atoms with van der Waals surface area (Å²) in [5.74, 6) is -0.242. The molecule has 0 aliphatic carbocycles. The topological polar surface area (TPSA) is 74.6 Å². The van der Waals surface area contributed by atoms with Crippen LogP contribution in [0.3, 0.4) is 0 Å². The molecule has 0 fully saturated rings. The van der Waals surface area contributed by atoms with Crippen LogP contribution in [0.5, 0.6) is 11.5 Å². The number of aromatic hydroxyl groups is 2. The zero-order chi connectivity index (χ0) is 11.7. The van der Waals surface area contributed by atoms with Crippen molar-refractivity contribution in [3.8, 4) is 11.5 Å². The third-order valence-corrected chi connectivity index (χ3v) is 2.42. The Hall–Kier alpha value is -2.36. The zero-order valence-corrected chi connectivity index (χ0v) is 8.18. The first-order chi connectivity index (χ1) is 7.67. The van der Waals surface area contributed by atoms with Gasteiger partial charge in [0.25, 0.3) is 0 Å². The van der Waals surface area contributed by atoms with Crippen molar-refractivity contribution >= 4 is 23.3 Å². The van der Waals surface area contributed by atoms with E-state index < -0.39 is 0 Å². The minimum absolute atomic E-state index is 0.00172. The van der Waals surface area contributed by atoms with Gasteiger partial charge in [0.05, 0.1) is 5.56 Å². The molecule has 0 spiro atoms. The van der Waals surface area contributed by atoms with E-state index >= 15 is 0 Å². The molecule has 0 saturated heterocycles. The van der Waals surface area contributed by atoms with Crippen LogP contribution in [-0.2, 0) is 0 Å². The van der Waals surface area contributed by atoms with Gasteiger partial charge in [-0.25, -0.2) is 0 Å². The summed E-state index contributed by atoms with van der Waals surface area (Å²) < 4.78 is 0. The summed E-state index contributed by atoms with van der Waals surface area (Å²) in [6.45, 7) is 0. The number of benzene rings is 2.